The van der Waals surface area contributed by atoms with Gasteiger partial charge in [-0.1, -0.05) is 7.43 Å². The summed E-state index contributed by atoms with van der Waals surface area (Å²) in [4.78, 5) is 30.2. The number of Topliss-reactive ketones (excluding diaryl/α,β-unsaturated/α-hetero) is 1. The van der Waals surface area contributed by atoms with Crippen LogP contribution in [0.25, 0.3) is 12.3 Å². The number of carbonyl (C=O) groups is 3. The van der Waals surface area contributed by atoms with E-state index in [1.165, 1.54) is 0 Å². The van der Waals surface area contributed by atoms with E-state index in [0.29, 0.717) is 0 Å². The largest absolute Gasteiger partial charge is 2.00 e. The standard InChI is InChI=1S/C5H6O5.CH4.2H2N.Pt/c1-2(6)3(4(7)8)5(9)10;;;;/h3H,1H3,(H,7,8)(H,9,10);1H4;2*1H2;/q;;2*-1;+2. The van der Waals surface area contributed by atoms with E-state index < -0.39 is 23.6 Å². The Balaban J connectivity index is -0.0000000675. The summed E-state index contributed by atoms with van der Waals surface area (Å²) in [6.45, 7) is 0.924. The van der Waals surface area contributed by atoms with Crippen LogP contribution in [0.15, 0.2) is 0 Å². The average molecular weight is 389 g/mol. The summed E-state index contributed by atoms with van der Waals surface area (Å²) in [7, 11) is 0. The summed E-state index contributed by atoms with van der Waals surface area (Å²) in [5, 5.41) is 16.2. The van der Waals surface area contributed by atoms with Crippen molar-refractivity contribution in [2.45, 2.75) is 14.4 Å². The van der Waals surface area contributed by atoms with Crippen LogP contribution in [0.1, 0.15) is 14.4 Å². The zero-order valence-electron chi connectivity index (χ0n) is 6.67. The molecule has 0 saturated carbocycles. The summed E-state index contributed by atoms with van der Waals surface area (Å²) in [6.07, 6.45) is 0. The fourth-order valence-electron chi connectivity index (χ4n) is 0.453. The van der Waals surface area contributed by atoms with Gasteiger partial charge in [0, 0.05) is 0 Å². The fraction of sp³-hybridized carbons (Fsp3) is 0.500. The molecule has 0 atom stereocenters. The first-order valence-electron chi connectivity index (χ1n) is 2.43. The first kappa shape index (κ1) is 29.2. The van der Waals surface area contributed by atoms with Crippen LogP contribution in [-0.2, 0) is 35.4 Å². The zero-order chi connectivity index (χ0) is 8.31. The van der Waals surface area contributed by atoms with Crippen molar-refractivity contribution in [1.29, 1.82) is 0 Å². The third-order valence-electron chi connectivity index (χ3n) is 0.900. The van der Waals surface area contributed by atoms with Crippen LogP contribution in [0.5, 0.6) is 0 Å². The van der Waals surface area contributed by atoms with Crippen molar-refractivity contribution in [1.82, 2.24) is 0 Å². The summed E-state index contributed by atoms with van der Waals surface area (Å²) in [5.74, 6) is -6.04. The van der Waals surface area contributed by atoms with Crippen LogP contribution in [0.4, 0.5) is 0 Å². The molecule has 8 heteroatoms. The van der Waals surface area contributed by atoms with Crippen molar-refractivity contribution < 1.29 is 45.7 Å². The normalized spacial score (nSPS) is 6.71. The summed E-state index contributed by atoms with van der Waals surface area (Å²) in [6, 6.07) is 0. The van der Waals surface area contributed by atoms with Gasteiger partial charge in [0.15, 0.2) is 5.78 Å². The van der Waals surface area contributed by atoms with E-state index in [2.05, 4.69) is 0 Å². The van der Waals surface area contributed by atoms with Crippen LogP contribution in [0.2, 0.25) is 0 Å². The van der Waals surface area contributed by atoms with E-state index in [4.69, 9.17) is 10.2 Å². The van der Waals surface area contributed by atoms with Gasteiger partial charge in [-0.2, -0.15) is 0 Å². The van der Waals surface area contributed by atoms with Gasteiger partial charge in [0.2, 0.25) is 5.92 Å². The minimum Gasteiger partial charge on any atom is -0.693 e. The minimum absolute atomic E-state index is 0. The summed E-state index contributed by atoms with van der Waals surface area (Å²) in [5.41, 5.74) is 0. The van der Waals surface area contributed by atoms with Gasteiger partial charge in [-0.15, -0.1) is 0 Å². The van der Waals surface area contributed by atoms with Crippen LogP contribution in [-0.4, -0.2) is 27.9 Å². The number of hydrogen-bond acceptors (Lipinski definition) is 3. The van der Waals surface area contributed by atoms with Gasteiger partial charge in [-0.05, 0) is 6.92 Å². The molecule has 0 aliphatic rings. The minimum atomic E-state index is -1.92. The molecule has 0 unspecified atom stereocenters. The van der Waals surface area contributed by atoms with Gasteiger partial charge >= 0.3 is 33.0 Å². The van der Waals surface area contributed by atoms with Gasteiger partial charge in [-0.25, -0.2) is 0 Å². The van der Waals surface area contributed by atoms with Gasteiger partial charge in [-0.3, -0.25) is 14.4 Å². The zero-order valence-corrected chi connectivity index (χ0v) is 8.94. The first-order chi connectivity index (χ1) is 4.46. The number of aliphatic carboxylic acids is 2. The molecule has 0 heterocycles. The molecule has 0 fully saturated rings. The molecule has 88 valence electrons. The van der Waals surface area contributed by atoms with Gasteiger partial charge in [0.25, 0.3) is 0 Å². The topological polar surface area (TPSA) is 159 Å². The van der Waals surface area contributed by atoms with Crippen molar-refractivity contribution in [2.75, 3.05) is 0 Å². The molecular weight excluding hydrogens is 375 g/mol. The molecule has 0 aromatic rings. The molecule has 0 rings (SSSR count). The smallest absolute Gasteiger partial charge is 0.693 e. The number of nitrogens with two attached hydrogens (primary N) is 2. The van der Waals surface area contributed by atoms with Crippen molar-refractivity contribution in [3.63, 3.8) is 0 Å². The van der Waals surface area contributed by atoms with Crippen molar-refractivity contribution in [3.8, 4) is 0 Å². The molecule has 0 aromatic carbocycles. The van der Waals surface area contributed by atoms with Gasteiger partial charge < -0.3 is 22.5 Å². The number of hydrogen-bond donors (Lipinski definition) is 2. The van der Waals surface area contributed by atoms with Crippen LogP contribution in [0.3, 0.4) is 0 Å². The first-order valence-corrected chi connectivity index (χ1v) is 2.43. The van der Waals surface area contributed by atoms with E-state index in [9.17, 15) is 14.4 Å². The molecule has 14 heavy (non-hydrogen) atoms. The second kappa shape index (κ2) is 12.2. The van der Waals surface area contributed by atoms with Gasteiger partial charge in [0.1, 0.15) is 0 Å². The second-order valence-electron chi connectivity index (χ2n) is 1.72. The second-order valence-corrected chi connectivity index (χ2v) is 1.72. The number of rotatable bonds is 3. The summed E-state index contributed by atoms with van der Waals surface area (Å²) >= 11 is 0. The molecule has 0 aromatic heterocycles. The maximum absolute atomic E-state index is 10.3. The molecule has 0 bridgehead atoms. The molecular formula is C6H14N2O5Pt. The van der Waals surface area contributed by atoms with E-state index in [0.717, 1.165) is 6.92 Å². The Kier molecular flexibility index (Phi) is 25.5. The van der Waals surface area contributed by atoms with E-state index in [-0.39, 0.29) is 40.8 Å². The quantitative estimate of drug-likeness (QED) is 0.698. The van der Waals surface area contributed by atoms with Crippen LogP contribution in [0, 0.1) is 5.92 Å². The molecule has 0 spiro atoms. The van der Waals surface area contributed by atoms with Crippen LogP contribution < -0.4 is 0 Å². The predicted octanol–water partition coefficient (Wildman–Crippen LogP) is 1.43. The maximum atomic E-state index is 10.3. The molecule has 0 saturated heterocycles. The third-order valence-corrected chi connectivity index (χ3v) is 0.900. The number of carboxylic acids is 2. The fourth-order valence-corrected chi connectivity index (χ4v) is 0.453. The molecule has 7 nitrogen and oxygen atoms in total. The number of carboxylic acid groups (broad SMARTS) is 2. The third kappa shape index (κ3) is 9.31. The predicted molar refractivity (Wildman–Crippen MR) is 46.7 cm³/mol. The number of ketones is 1. The Morgan fingerprint density at radius 2 is 1.21 bits per heavy atom. The Hall–Kier alpha value is -0.782. The molecule has 6 N–H and O–H groups in total. The Morgan fingerprint density at radius 1 is 1.00 bits per heavy atom. The Bertz CT molecular complexity index is 163. The molecule has 0 aliphatic carbocycles. The number of carbonyl (C=O) groups excluding carboxylic acids is 1. The maximum Gasteiger partial charge on any atom is 2.00 e. The molecule has 0 radical (unpaired) electrons. The molecule has 0 aliphatic heterocycles. The van der Waals surface area contributed by atoms with E-state index in [1.807, 2.05) is 0 Å². The Labute approximate surface area is 96.3 Å². The van der Waals surface area contributed by atoms with Crippen molar-refractivity contribution in [2.24, 2.45) is 5.92 Å². The van der Waals surface area contributed by atoms with Crippen molar-refractivity contribution >= 4 is 17.7 Å². The monoisotopic (exact) mass is 389 g/mol. The van der Waals surface area contributed by atoms with E-state index in [1.54, 1.807) is 0 Å². The van der Waals surface area contributed by atoms with E-state index >= 15 is 0 Å². The van der Waals surface area contributed by atoms with Gasteiger partial charge in [0.05, 0.1) is 0 Å². The van der Waals surface area contributed by atoms with Crippen LogP contribution >= 0.6 is 0 Å². The molecule has 0 amide bonds. The van der Waals surface area contributed by atoms with Crippen molar-refractivity contribution in [3.05, 3.63) is 12.3 Å². The summed E-state index contributed by atoms with van der Waals surface area (Å²) < 4.78 is 0. The SMILES string of the molecule is C.CC(=O)C(C(=O)O)C(=O)O.[NH2-].[NH2-].[Pt+2]. The Morgan fingerprint density at radius 3 is 1.21 bits per heavy atom. The average Bonchev–Trinajstić information content (AvgIpc) is 1.59.